The molecule has 2 aliphatic heterocycles. The third kappa shape index (κ3) is 2.91. The van der Waals surface area contributed by atoms with E-state index in [-0.39, 0.29) is 18.4 Å². The van der Waals surface area contributed by atoms with Gasteiger partial charge < -0.3 is 9.80 Å². The van der Waals surface area contributed by atoms with Crippen molar-refractivity contribution < 1.29 is 9.59 Å². The topological polar surface area (TPSA) is 40.6 Å². The van der Waals surface area contributed by atoms with Gasteiger partial charge >= 0.3 is 0 Å². The van der Waals surface area contributed by atoms with Crippen LogP contribution in [0, 0.1) is 17.8 Å². The molecule has 2 unspecified atom stereocenters. The van der Waals surface area contributed by atoms with Gasteiger partial charge in [-0.05, 0) is 61.3 Å². The predicted octanol–water partition coefficient (Wildman–Crippen LogP) is 2.86. The Morgan fingerprint density at radius 1 is 1.17 bits per heavy atom. The molecule has 2 aliphatic carbocycles. The van der Waals surface area contributed by atoms with Crippen LogP contribution in [-0.2, 0) is 4.79 Å². The van der Waals surface area contributed by atoms with Gasteiger partial charge in [-0.2, -0.15) is 0 Å². The molecule has 2 atom stereocenters. The third-order valence-corrected chi connectivity index (χ3v) is 6.74. The first-order valence-electron chi connectivity index (χ1n) is 8.68. The first kappa shape index (κ1) is 15.2. The van der Waals surface area contributed by atoms with Crippen molar-refractivity contribution in [1.82, 2.24) is 9.80 Å². The lowest BCUT2D eigenvalue weighted by Crippen LogP contribution is -2.47. The van der Waals surface area contributed by atoms with Crippen LogP contribution in [0.4, 0.5) is 0 Å². The molecule has 0 radical (unpaired) electrons. The minimum Gasteiger partial charge on any atom is -0.338 e. The van der Waals surface area contributed by atoms with E-state index in [1.807, 2.05) is 17.5 Å². The molecule has 5 rings (SSSR count). The Balaban J connectivity index is 1.43. The van der Waals surface area contributed by atoms with Crippen LogP contribution < -0.4 is 0 Å². The molecule has 2 saturated heterocycles. The first-order valence-corrected chi connectivity index (χ1v) is 9.56. The minimum absolute atomic E-state index is 0.0472. The molecule has 23 heavy (non-hydrogen) atoms. The predicted molar refractivity (Wildman–Crippen MR) is 90.3 cm³/mol. The highest BCUT2D eigenvalue weighted by atomic mass is 32.1. The van der Waals surface area contributed by atoms with Crippen molar-refractivity contribution in [3.8, 4) is 0 Å². The fourth-order valence-electron chi connectivity index (χ4n) is 5.04. The number of fused-ring (bicyclic) bond motifs is 1. The molecule has 4 fully saturated rings. The molecule has 124 valence electrons. The summed E-state index contributed by atoms with van der Waals surface area (Å²) in [6.45, 7) is 1.12. The van der Waals surface area contributed by atoms with Gasteiger partial charge in [0.15, 0.2) is 0 Å². The summed E-state index contributed by atoms with van der Waals surface area (Å²) in [4.78, 5) is 29.6. The van der Waals surface area contributed by atoms with E-state index >= 15 is 0 Å². The number of thiophene rings is 1. The smallest absolute Gasteiger partial charge is 0.264 e. The minimum atomic E-state index is -0.0472. The summed E-state index contributed by atoms with van der Waals surface area (Å²) in [7, 11) is 1.74. The molecule has 2 saturated carbocycles. The zero-order valence-electron chi connectivity index (χ0n) is 13.6. The second kappa shape index (κ2) is 5.93. The van der Waals surface area contributed by atoms with Crippen LogP contribution >= 0.6 is 11.3 Å². The quantitative estimate of drug-likeness (QED) is 0.854. The molecule has 4 bridgehead atoms. The van der Waals surface area contributed by atoms with Crippen molar-refractivity contribution in [2.75, 3.05) is 20.1 Å². The van der Waals surface area contributed by atoms with Gasteiger partial charge in [-0.3, -0.25) is 9.59 Å². The Labute approximate surface area is 141 Å². The Bertz CT molecular complexity index is 586. The van der Waals surface area contributed by atoms with Crippen LogP contribution in [0.2, 0.25) is 0 Å². The first-order chi connectivity index (χ1) is 11.1. The van der Waals surface area contributed by atoms with E-state index < -0.39 is 0 Å². The molecule has 0 aromatic carbocycles. The summed E-state index contributed by atoms with van der Waals surface area (Å²) in [6, 6.07) is 4.11. The lowest BCUT2D eigenvalue weighted by atomic mass is 9.68. The number of rotatable bonds is 3. The molecule has 1 aromatic heterocycles. The summed E-state index contributed by atoms with van der Waals surface area (Å²) in [5, 5.41) is 1.90. The number of hydrogen-bond acceptors (Lipinski definition) is 3. The summed E-state index contributed by atoms with van der Waals surface area (Å²) >= 11 is 1.43. The normalized spacial score (nSPS) is 32.0. The number of amides is 2. The van der Waals surface area contributed by atoms with Gasteiger partial charge in [0.05, 0.1) is 11.4 Å². The zero-order valence-corrected chi connectivity index (χ0v) is 14.4. The van der Waals surface area contributed by atoms with Crippen LogP contribution in [-0.4, -0.2) is 47.8 Å². The Kier molecular flexibility index (Phi) is 3.92. The summed E-state index contributed by atoms with van der Waals surface area (Å²) in [6.07, 6.45) is 6.36. The number of carbonyl (C=O) groups is 2. The maximum atomic E-state index is 12.8. The number of carbonyl (C=O) groups excluding carboxylic acids is 2. The van der Waals surface area contributed by atoms with Crippen molar-refractivity contribution in [3.63, 3.8) is 0 Å². The van der Waals surface area contributed by atoms with Crippen LogP contribution in [0.5, 0.6) is 0 Å². The third-order valence-electron chi connectivity index (χ3n) is 5.88. The summed E-state index contributed by atoms with van der Waals surface area (Å²) < 4.78 is 0. The Morgan fingerprint density at radius 2 is 1.87 bits per heavy atom. The number of nitrogens with zero attached hydrogens (tertiary/aromatic N) is 2. The van der Waals surface area contributed by atoms with Crippen LogP contribution in [0.1, 0.15) is 41.8 Å². The second-order valence-corrected chi connectivity index (χ2v) is 8.56. The van der Waals surface area contributed by atoms with E-state index in [9.17, 15) is 9.59 Å². The zero-order chi connectivity index (χ0) is 16.0. The Hall–Kier alpha value is -1.36. The highest BCUT2D eigenvalue weighted by molar-refractivity contribution is 7.12. The van der Waals surface area contributed by atoms with Crippen molar-refractivity contribution in [3.05, 3.63) is 22.4 Å². The van der Waals surface area contributed by atoms with E-state index in [0.717, 1.165) is 18.4 Å². The molecular formula is C18H24N2O2S. The maximum Gasteiger partial charge on any atom is 0.264 e. The molecule has 1 aromatic rings. The second-order valence-electron chi connectivity index (χ2n) is 7.62. The monoisotopic (exact) mass is 332 g/mol. The molecule has 0 spiro atoms. The SMILES string of the molecule is CN(CC(=O)N1CC2CC3CC(C2)CC1C3)C(=O)c1cccs1. The van der Waals surface area contributed by atoms with Crippen molar-refractivity contribution in [2.45, 2.75) is 38.1 Å². The summed E-state index contributed by atoms with van der Waals surface area (Å²) in [5.41, 5.74) is 0. The molecular weight excluding hydrogens is 308 g/mol. The fraction of sp³-hybridized carbons (Fsp3) is 0.667. The molecule has 4 aliphatic rings. The van der Waals surface area contributed by atoms with Crippen LogP contribution in [0.25, 0.3) is 0 Å². The number of likely N-dealkylation sites (N-methyl/N-ethyl adjacent to an activating group) is 1. The lowest BCUT2D eigenvalue weighted by Gasteiger charge is -2.39. The number of hydrogen-bond donors (Lipinski definition) is 0. The molecule has 4 nitrogen and oxygen atoms in total. The van der Waals surface area contributed by atoms with Gasteiger partial charge in [0.2, 0.25) is 5.91 Å². The highest BCUT2D eigenvalue weighted by Gasteiger charge is 2.44. The Morgan fingerprint density at radius 3 is 2.52 bits per heavy atom. The van der Waals surface area contributed by atoms with Crippen molar-refractivity contribution in [1.29, 1.82) is 0 Å². The standard InChI is InChI=1S/C18H24N2O2S/c1-19(18(22)16-3-2-4-23-16)11-17(21)20-10-14-6-12-5-13(7-14)9-15(20)8-12/h2-4,12-15H,5-11H2,1H3. The van der Waals surface area contributed by atoms with E-state index in [0.29, 0.717) is 16.8 Å². The largest absolute Gasteiger partial charge is 0.338 e. The van der Waals surface area contributed by atoms with Crippen molar-refractivity contribution >= 4 is 23.2 Å². The van der Waals surface area contributed by atoms with Gasteiger partial charge in [-0.25, -0.2) is 0 Å². The van der Waals surface area contributed by atoms with Gasteiger partial charge in [0.25, 0.3) is 5.91 Å². The van der Waals surface area contributed by atoms with E-state index in [2.05, 4.69) is 4.90 Å². The average molecular weight is 332 g/mol. The van der Waals surface area contributed by atoms with E-state index in [1.165, 1.54) is 43.4 Å². The van der Waals surface area contributed by atoms with Crippen molar-refractivity contribution in [2.24, 2.45) is 17.8 Å². The van der Waals surface area contributed by atoms with E-state index in [1.54, 1.807) is 11.9 Å². The van der Waals surface area contributed by atoms with Gasteiger partial charge in [0.1, 0.15) is 0 Å². The van der Waals surface area contributed by atoms with Crippen LogP contribution in [0.15, 0.2) is 17.5 Å². The fourth-order valence-corrected chi connectivity index (χ4v) is 5.76. The molecule has 0 N–H and O–H groups in total. The van der Waals surface area contributed by atoms with Gasteiger partial charge in [0, 0.05) is 19.6 Å². The summed E-state index contributed by atoms with van der Waals surface area (Å²) in [5.74, 6) is 2.44. The molecule has 2 amide bonds. The van der Waals surface area contributed by atoms with Crippen LogP contribution in [0.3, 0.4) is 0 Å². The maximum absolute atomic E-state index is 12.8. The lowest BCUT2D eigenvalue weighted by molar-refractivity contribution is -0.134. The molecule has 5 heteroatoms. The molecule has 3 heterocycles. The van der Waals surface area contributed by atoms with Gasteiger partial charge in [-0.1, -0.05) is 6.07 Å². The van der Waals surface area contributed by atoms with Gasteiger partial charge in [-0.15, -0.1) is 11.3 Å². The average Bonchev–Trinajstić information content (AvgIpc) is 2.97. The van der Waals surface area contributed by atoms with E-state index in [4.69, 9.17) is 0 Å². The highest BCUT2D eigenvalue weighted by Crippen LogP contribution is 2.47.